The number of hydrogen-bond acceptors (Lipinski definition) is 8. The van der Waals surface area contributed by atoms with Crippen LogP contribution in [0.2, 0.25) is 0 Å². The summed E-state index contributed by atoms with van der Waals surface area (Å²) in [6.07, 6.45) is 13.5. The van der Waals surface area contributed by atoms with E-state index in [0.717, 1.165) is 139 Å². The van der Waals surface area contributed by atoms with Crippen molar-refractivity contribution in [1.29, 1.82) is 0 Å². The molecule has 0 saturated heterocycles. The van der Waals surface area contributed by atoms with Gasteiger partial charge in [-0.25, -0.2) is 9.97 Å². The molecule has 0 amide bonds. The SMILES string of the molecule is COc1ccc(-n2c(SCCCSc3nc4c(c(=O)n3-c3ccc(OC)cc3)C3(CCCCC3)Cc3ccccc3-4)nc3c(c2=O)C2(CCCCC2)Cc2ccccc2-3)cc1. The van der Waals surface area contributed by atoms with Crippen LogP contribution in [0.1, 0.15) is 92.9 Å². The number of fused-ring (bicyclic) bond motifs is 8. The number of hydrogen-bond donors (Lipinski definition) is 0. The first kappa shape index (κ1) is 40.0. The molecular weight excluding hydrogens is 797 g/mol. The van der Waals surface area contributed by atoms with Crippen molar-refractivity contribution in [3.63, 3.8) is 0 Å². The number of methoxy groups -OCH3 is 2. The van der Waals surface area contributed by atoms with Crippen LogP contribution >= 0.6 is 23.5 Å². The van der Waals surface area contributed by atoms with E-state index in [1.807, 2.05) is 57.7 Å². The molecule has 0 unspecified atom stereocenters. The highest BCUT2D eigenvalue weighted by atomic mass is 32.2. The lowest BCUT2D eigenvalue weighted by atomic mass is 9.62. The third kappa shape index (κ3) is 7.13. The lowest BCUT2D eigenvalue weighted by Gasteiger charge is -2.42. The average Bonchev–Trinajstić information content (AvgIpc) is 3.29. The minimum absolute atomic E-state index is 0.0428. The summed E-state index contributed by atoms with van der Waals surface area (Å²) < 4.78 is 14.7. The van der Waals surface area contributed by atoms with Gasteiger partial charge in [0.25, 0.3) is 11.1 Å². The summed E-state index contributed by atoms with van der Waals surface area (Å²) in [4.78, 5) is 41.2. The fraction of sp³-hybridized carbons (Fsp3) is 0.373. The lowest BCUT2D eigenvalue weighted by Crippen LogP contribution is -2.43. The molecule has 10 heteroatoms. The molecule has 61 heavy (non-hydrogen) atoms. The summed E-state index contributed by atoms with van der Waals surface area (Å²) >= 11 is 3.25. The maximum Gasteiger partial charge on any atom is 0.263 e. The van der Waals surface area contributed by atoms with Crippen LogP contribution in [-0.2, 0) is 23.7 Å². The minimum atomic E-state index is -0.210. The Morgan fingerprint density at radius 3 is 1.33 bits per heavy atom. The number of benzene rings is 4. The Hall–Kier alpha value is -5.06. The largest absolute Gasteiger partial charge is 0.497 e. The van der Waals surface area contributed by atoms with E-state index < -0.39 is 0 Å². The van der Waals surface area contributed by atoms with E-state index in [0.29, 0.717) is 10.3 Å². The van der Waals surface area contributed by atoms with Crippen molar-refractivity contribution in [3.05, 3.63) is 140 Å². The van der Waals surface area contributed by atoms with Gasteiger partial charge >= 0.3 is 0 Å². The standard InChI is InChI=1S/C51H52N4O4S2/c1-58-38-22-18-36(19-23-38)54-46(56)42-44(40-16-7-5-14-34(40)32-50(42)26-9-3-10-27-50)52-48(54)60-30-13-31-61-49-53-45-41-17-8-6-15-35(41)33-51(28-11-4-12-29-51)43(45)47(57)55(49)37-20-24-39(59-2)25-21-37/h5-8,14-25H,3-4,9-13,26-33H2,1-2H3. The summed E-state index contributed by atoms with van der Waals surface area (Å²) in [6.45, 7) is 0. The topological polar surface area (TPSA) is 88.2 Å². The molecule has 10 rings (SSSR count). The lowest BCUT2D eigenvalue weighted by molar-refractivity contribution is 0.283. The molecule has 6 aromatic rings. The normalized spacial score (nSPS) is 17.0. The Labute approximate surface area is 366 Å². The highest BCUT2D eigenvalue weighted by Gasteiger charge is 2.45. The zero-order valence-corrected chi connectivity index (χ0v) is 36.7. The van der Waals surface area contributed by atoms with Gasteiger partial charge in [-0.1, -0.05) is 111 Å². The molecule has 0 atom stereocenters. The first-order valence-electron chi connectivity index (χ1n) is 22.0. The van der Waals surface area contributed by atoms with Crippen molar-refractivity contribution >= 4 is 23.5 Å². The summed E-state index contributed by atoms with van der Waals surface area (Å²) in [5.74, 6) is 2.94. The smallest absolute Gasteiger partial charge is 0.263 e. The van der Waals surface area contributed by atoms with Crippen LogP contribution in [0.5, 0.6) is 11.5 Å². The van der Waals surface area contributed by atoms with Gasteiger partial charge in [-0.05, 0) is 105 Å². The Morgan fingerprint density at radius 2 is 0.934 bits per heavy atom. The van der Waals surface area contributed by atoms with Crippen molar-refractivity contribution in [2.45, 2.75) is 105 Å². The van der Waals surface area contributed by atoms with E-state index in [9.17, 15) is 0 Å². The molecule has 0 bridgehead atoms. The Bertz CT molecular complexity index is 2530. The van der Waals surface area contributed by atoms with Gasteiger partial charge in [-0.15, -0.1) is 0 Å². The van der Waals surface area contributed by atoms with Crippen LogP contribution in [0.4, 0.5) is 0 Å². The second-order valence-corrected chi connectivity index (χ2v) is 19.4. The van der Waals surface area contributed by atoms with Crippen LogP contribution < -0.4 is 20.6 Å². The van der Waals surface area contributed by atoms with Crippen molar-refractivity contribution in [2.75, 3.05) is 25.7 Å². The van der Waals surface area contributed by atoms with Gasteiger partial charge in [0.1, 0.15) is 11.5 Å². The van der Waals surface area contributed by atoms with Gasteiger partial charge in [-0.3, -0.25) is 18.7 Å². The van der Waals surface area contributed by atoms with Gasteiger partial charge in [0.2, 0.25) is 0 Å². The fourth-order valence-electron chi connectivity index (χ4n) is 10.9. The monoisotopic (exact) mass is 848 g/mol. The molecule has 4 aliphatic rings. The molecule has 2 spiro atoms. The molecular formula is C51H52N4O4S2. The fourth-order valence-corrected chi connectivity index (χ4v) is 12.9. The molecule has 0 aliphatic heterocycles. The van der Waals surface area contributed by atoms with Crippen LogP contribution in [0.3, 0.4) is 0 Å². The first-order chi connectivity index (χ1) is 29.9. The molecule has 4 aromatic carbocycles. The van der Waals surface area contributed by atoms with Crippen molar-refractivity contribution < 1.29 is 9.47 Å². The molecule has 2 saturated carbocycles. The first-order valence-corrected chi connectivity index (χ1v) is 24.0. The second kappa shape index (κ2) is 16.7. The third-order valence-electron chi connectivity index (χ3n) is 13.8. The van der Waals surface area contributed by atoms with Gasteiger partial charge in [-0.2, -0.15) is 0 Å². The quantitative estimate of drug-likeness (QED) is 0.0765. The van der Waals surface area contributed by atoms with Gasteiger partial charge in [0.05, 0.1) is 48.1 Å². The predicted molar refractivity (Wildman–Crippen MR) is 247 cm³/mol. The Kier molecular flexibility index (Phi) is 10.9. The predicted octanol–water partition coefficient (Wildman–Crippen LogP) is 10.9. The van der Waals surface area contributed by atoms with E-state index in [2.05, 4.69) is 48.5 Å². The highest BCUT2D eigenvalue weighted by molar-refractivity contribution is 8.00. The second-order valence-electron chi connectivity index (χ2n) is 17.3. The summed E-state index contributed by atoms with van der Waals surface area (Å²) in [6, 6.07) is 32.6. The van der Waals surface area contributed by atoms with E-state index >= 15 is 9.59 Å². The van der Waals surface area contributed by atoms with Crippen molar-refractivity contribution in [2.24, 2.45) is 0 Å². The van der Waals surface area contributed by atoms with Crippen LogP contribution in [0.25, 0.3) is 33.9 Å². The maximum atomic E-state index is 15.1. The van der Waals surface area contributed by atoms with Gasteiger partial charge in [0.15, 0.2) is 10.3 Å². The third-order valence-corrected chi connectivity index (χ3v) is 15.9. The number of nitrogens with zero attached hydrogens (tertiary/aromatic N) is 4. The number of rotatable bonds is 10. The van der Waals surface area contributed by atoms with Crippen LogP contribution in [-0.4, -0.2) is 44.8 Å². The average molecular weight is 849 g/mol. The van der Waals surface area contributed by atoms with Crippen molar-refractivity contribution in [3.8, 4) is 45.4 Å². The van der Waals surface area contributed by atoms with Crippen LogP contribution in [0.15, 0.2) is 117 Å². The summed E-state index contributed by atoms with van der Waals surface area (Å²) in [5.41, 5.74) is 9.46. The minimum Gasteiger partial charge on any atom is -0.497 e. The molecule has 2 fully saturated rings. The van der Waals surface area contributed by atoms with E-state index in [1.165, 1.54) is 24.0 Å². The van der Waals surface area contributed by atoms with Crippen molar-refractivity contribution in [1.82, 2.24) is 19.1 Å². The van der Waals surface area contributed by atoms with E-state index in [1.54, 1.807) is 37.7 Å². The molecule has 0 radical (unpaired) electrons. The molecule has 0 N–H and O–H groups in total. The number of aromatic nitrogens is 4. The zero-order valence-electron chi connectivity index (χ0n) is 35.1. The number of thioether (sulfide) groups is 2. The Balaban J connectivity index is 1.00. The van der Waals surface area contributed by atoms with E-state index in [-0.39, 0.29) is 21.9 Å². The molecule has 312 valence electrons. The van der Waals surface area contributed by atoms with E-state index in [4.69, 9.17) is 19.4 Å². The summed E-state index contributed by atoms with van der Waals surface area (Å²) in [7, 11) is 3.32. The number of ether oxygens (including phenoxy) is 2. The zero-order chi connectivity index (χ0) is 41.6. The molecule has 4 aliphatic carbocycles. The maximum absolute atomic E-state index is 15.1. The molecule has 2 aromatic heterocycles. The summed E-state index contributed by atoms with van der Waals surface area (Å²) in [5, 5.41) is 1.39. The van der Waals surface area contributed by atoms with Gasteiger partial charge < -0.3 is 9.47 Å². The van der Waals surface area contributed by atoms with Gasteiger partial charge in [0, 0.05) is 33.5 Å². The molecule has 8 nitrogen and oxygen atoms in total. The highest BCUT2D eigenvalue weighted by Crippen LogP contribution is 2.51. The van der Waals surface area contributed by atoms with Crippen LogP contribution in [0, 0.1) is 0 Å². The Morgan fingerprint density at radius 1 is 0.541 bits per heavy atom. The molecule has 2 heterocycles.